The van der Waals surface area contributed by atoms with Crippen LogP contribution in [0, 0.1) is 5.92 Å². The maximum absolute atomic E-state index is 5.53. The third-order valence-electron chi connectivity index (χ3n) is 3.89. The first kappa shape index (κ1) is 15.9. The molecule has 0 aromatic carbocycles. The lowest BCUT2D eigenvalue weighted by Gasteiger charge is -2.35. The summed E-state index contributed by atoms with van der Waals surface area (Å²) < 4.78 is 5.53. The maximum Gasteiger partial charge on any atom is 0.0622 e. The zero-order valence-electron chi connectivity index (χ0n) is 12.7. The molecule has 2 unspecified atom stereocenters. The molecule has 2 atom stereocenters. The van der Waals surface area contributed by atoms with Gasteiger partial charge in [0, 0.05) is 31.7 Å². The fourth-order valence-corrected chi connectivity index (χ4v) is 2.50. The molecule has 3 heteroatoms. The molecule has 1 saturated heterocycles. The van der Waals surface area contributed by atoms with Gasteiger partial charge in [-0.25, -0.2) is 0 Å². The van der Waals surface area contributed by atoms with Crippen molar-refractivity contribution >= 4 is 0 Å². The van der Waals surface area contributed by atoms with Gasteiger partial charge in [-0.15, -0.1) is 0 Å². The van der Waals surface area contributed by atoms with Gasteiger partial charge in [0.15, 0.2) is 0 Å². The van der Waals surface area contributed by atoms with Crippen molar-refractivity contribution in [1.82, 2.24) is 10.2 Å². The highest BCUT2D eigenvalue weighted by Crippen LogP contribution is 2.09. The molecule has 0 amide bonds. The van der Waals surface area contributed by atoms with Crippen LogP contribution in [0.1, 0.15) is 47.0 Å². The Hall–Kier alpha value is -0.120. The summed E-state index contributed by atoms with van der Waals surface area (Å²) in [4.78, 5) is 2.58. The highest BCUT2D eigenvalue weighted by Gasteiger charge is 2.20. The summed E-state index contributed by atoms with van der Waals surface area (Å²) >= 11 is 0. The van der Waals surface area contributed by atoms with E-state index in [9.17, 15) is 0 Å². The SMILES string of the molecule is CCC1COCCN1CCNC(C)CCC(C)C. The Balaban J connectivity index is 2.12. The van der Waals surface area contributed by atoms with E-state index in [2.05, 4.69) is 37.9 Å². The quantitative estimate of drug-likeness (QED) is 0.722. The number of nitrogens with one attached hydrogen (secondary N) is 1. The van der Waals surface area contributed by atoms with Gasteiger partial charge in [-0.2, -0.15) is 0 Å². The zero-order chi connectivity index (χ0) is 13.4. The maximum atomic E-state index is 5.53. The van der Waals surface area contributed by atoms with Gasteiger partial charge in [0.25, 0.3) is 0 Å². The predicted molar refractivity (Wildman–Crippen MR) is 78.0 cm³/mol. The normalized spacial score (nSPS) is 23.5. The van der Waals surface area contributed by atoms with Crippen molar-refractivity contribution in [2.24, 2.45) is 5.92 Å². The van der Waals surface area contributed by atoms with E-state index in [0.29, 0.717) is 12.1 Å². The molecule has 1 aliphatic rings. The van der Waals surface area contributed by atoms with E-state index in [1.165, 1.54) is 19.3 Å². The predicted octanol–water partition coefficient (Wildman–Crippen LogP) is 2.51. The zero-order valence-corrected chi connectivity index (χ0v) is 12.7. The van der Waals surface area contributed by atoms with Crippen LogP contribution in [0.3, 0.4) is 0 Å². The van der Waals surface area contributed by atoms with Crippen LogP contribution >= 0.6 is 0 Å². The first-order valence-corrected chi connectivity index (χ1v) is 7.68. The van der Waals surface area contributed by atoms with E-state index in [-0.39, 0.29) is 0 Å². The minimum Gasteiger partial charge on any atom is -0.378 e. The van der Waals surface area contributed by atoms with Gasteiger partial charge in [-0.05, 0) is 32.1 Å². The Morgan fingerprint density at radius 1 is 1.28 bits per heavy atom. The summed E-state index contributed by atoms with van der Waals surface area (Å²) in [5.74, 6) is 0.818. The molecule has 0 spiro atoms. The molecule has 0 saturated carbocycles. The van der Waals surface area contributed by atoms with Crippen LogP contribution in [-0.2, 0) is 4.74 Å². The molecule has 1 aliphatic heterocycles. The Morgan fingerprint density at radius 3 is 2.72 bits per heavy atom. The molecular weight excluding hydrogens is 224 g/mol. The van der Waals surface area contributed by atoms with Gasteiger partial charge in [-0.1, -0.05) is 20.8 Å². The van der Waals surface area contributed by atoms with E-state index in [0.717, 1.165) is 38.8 Å². The fourth-order valence-electron chi connectivity index (χ4n) is 2.50. The smallest absolute Gasteiger partial charge is 0.0622 e. The summed E-state index contributed by atoms with van der Waals surface area (Å²) in [5.41, 5.74) is 0. The molecule has 0 aromatic rings. The standard InChI is InChI=1S/C15H32N2O/c1-5-15-12-18-11-10-17(15)9-8-16-14(4)7-6-13(2)3/h13-16H,5-12H2,1-4H3. The van der Waals surface area contributed by atoms with Crippen molar-refractivity contribution in [3.05, 3.63) is 0 Å². The Morgan fingerprint density at radius 2 is 2.06 bits per heavy atom. The van der Waals surface area contributed by atoms with Gasteiger partial charge in [0.05, 0.1) is 13.2 Å². The third kappa shape index (κ3) is 6.17. The number of ether oxygens (including phenoxy) is 1. The topological polar surface area (TPSA) is 24.5 Å². The minimum absolute atomic E-state index is 0.631. The molecule has 0 radical (unpaired) electrons. The Labute approximate surface area is 113 Å². The van der Waals surface area contributed by atoms with Crippen molar-refractivity contribution in [3.8, 4) is 0 Å². The second kappa shape index (κ2) is 8.89. The summed E-state index contributed by atoms with van der Waals surface area (Å²) in [6.45, 7) is 14.3. The van der Waals surface area contributed by atoms with Crippen LogP contribution in [0.25, 0.3) is 0 Å². The second-order valence-electron chi connectivity index (χ2n) is 6.00. The van der Waals surface area contributed by atoms with Crippen molar-refractivity contribution in [3.63, 3.8) is 0 Å². The van der Waals surface area contributed by atoms with Crippen molar-refractivity contribution in [2.45, 2.75) is 59.0 Å². The first-order valence-electron chi connectivity index (χ1n) is 7.68. The van der Waals surface area contributed by atoms with Crippen molar-refractivity contribution < 1.29 is 4.74 Å². The van der Waals surface area contributed by atoms with Crippen molar-refractivity contribution in [1.29, 1.82) is 0 Å². The van der Waals surface area contributed by atoms with Gasteiger partial charge in [-0.3, -0.25) is 4.90 Å². The van der Waals surface area contributed by atoms with Crippen LogP contribution in [0.15, 0.2) is 0 Å². The van der Waals surface area contributed by atoms with Gasteiger partial charge in [0.1, 0.15) is 0 Å². The van der Waals surface area contributed by atoms with E-state index in [1.807, 2.05) is 0 Å². The molecule has 1 rings (SSSR count). The van der Waals surface area contributed by atoms with Crippen LogP contribution in [0.5, 0.6) is 0 Å². The Bertz CT molecular complexity index is 209. The van der Waals surface area contributed by atoms with Crippen molar-refractivity contribution in [2.75, 3.05) is 32.8 Å². The van der Waals surface area contributed by atoms with Crippen LogP contribution in [-0.4, -0.2) is 49.8 Å². The van der Waals surface area contributed by atoms with E-state index in [1.54, 1.807) is 0 Å². The molecule has 108 valence electrons. The molecule has 0 aromatic heterocycles. The molecule has 3 nitrogen and oxygen atoms in total. The average molecular weight is 256 g/mol. The fraction of sp³-hybridized carbons (Fsp3) is 1.00. The first-order chi connectivity index (χ1) is 8.63. The van der Waals surface area contributed by atoms with Crippen LogP contribution in [0.4, 0.5) is 0 Å². The van der Waals surface area contributed by atoms with Crippen LogP contribution in [0.2, 0.25) is 0 Å². The number of hydrogen-bond acceptors (Lipinski definition) is 3. The Kier molecular flexibility index (Phi) is 7.87. The lowest BCUT2D eigenvalue weighted by molar-refractivity contribution is -0.00807. The van der Waals surface area contributed by atoms with Crippen LogP contribution < -0.4 is 5.32 Å². The lowest BCUT2D eigenvalue weighted by atomic mass is 10.0. The summed E-state index contributed by atoms with van der Waals surface area (Å²) in [7, 11) is 0. The highest BCUT2D eigenvalue weighted by molar-refractivity contribution is 4.75. The highest BCUT2D eigenvalue weighted by atomic mass is 16.5. The molecule has 1 N–H and O–H groups in total. The number of morpholine rings is 1. The summed E-state index contributed by atoms with van der Waals surface area (Å²) in [6.07, 6.45) is 3.81. The number of hydrogen-bond donors (Lipinski definition) is 1. The number of nitrogens with zero attached hydrogens (tertiary/aromatic N) is 1. The lowest BCUT2D eigenvalue weighted by Crippen LogP contribution is -2.48. The molecule has 1 fully saturated rings. The molecule has 0 aliphatic carbocycles. The van der Waals surface area contributed by atoms with E-state index in [4.69, 9.17) is 4.74 Å². The minimum atomic E-state index is 0.631. The van der Waals surface area contributed by atoms with E-state index >= 15 is 0 Å². The van der Waals surface area contributed by atoms with E-state index < -0.39 is 0 Å². The molecule has 1 heterocycles. The van der Waals surface area contributed by atoms with Gasteiger partial charge in [0.2, 0.25) is 0 Å². The molecule has 18 heavy (non-hydrogen) atoms. The number of rotatable bonds is 8. The van der Waals surface area contributed by atoms with Gasteiger partial charge < -0.3 is 10.1 Å². The monoisotopic (exact) mass is 256 g/mol. The third-order valence-corrected chi connectivity index (χ3v) is 3.89. The molecular formula is C15H32N2O. The largest absolute Gasteiger partial charge is 0.378 e. The summed E-state index contributed by atoms with van der Waals surface area (Å²) in [6, 6.07) is 1.28. The van der Waals surface area contributed by atoms with Gasteiger partial charge >= 0.3 is 0 Å². The summed E-state index contributed by atoms with van der Waals surface area (Å²) in [5, 5.41) is 3.65. The second-order valence-corrected chi connectivity index (χ2v) is 6.00. The molecule has 0 bridgehead atoms. The average Bonchev–Trinajstić information content (AvgIpc) is 2.37.